The number of hydrogen-bond donors (Lipinski definition) is 1. The summed E-state index contributed by atoms with van der Waals surface area (Å²) in [6.45, 7) is 6.87. The maximum atomic E-state index is 12.8. The minimum Gasteiger partial charge on any atom is -0.431 e. The van der Waals surface area contributed by atoms with E-state index < -0.39 is 5.25 Å². The van der Waals surface area contributed by atoms with Crippen LogP contribution in [0.3, 0.4) is 0 Å². The highest BCUT2D eigenvalue weighted by Crippen LogP contribution is 2.30. The second kappa shape index (κ2) is 6.69. The maximum absolute atomic E-state index is 12.8. The zero-order valence-electron chi connectivity index (χ0n) is 14.3. The maximum Gasteiger partial charge on any atom is 0.257 e. The van der Waals surface area contributed by atoms with Gasteiger partial charge in [-0.15, -0.1) is 0 Å². The molecule has 7 heteroatoms. The van der Waals surface area contributed by atoms with Crippen molar-refractivity contribution in [1.82, 2.24) is 9.97 Å². The number of thioether (sulfide) groups is 1. The molecule has 1 aromatic carbocycles. The number of aromatic amines is 1. The zero-order valence-corrected chi connectivity index (χ0v) is 15.8. The highest BCUT2D eigenvalue weighted by atomic mass is 35.5. The number of carbonyl (C=O) groups excluding carboxylic acids is 2. The van der Waals surface area contributed by atoms with Crippen LogP contribution in [0, 0.1) is 13.8 Å². The Balaban J connectivity index is 1.85. The van der Waals surface area contributed by atoms with Gasteiger partial charge in [-0.3, -0.25) is 9.59 Å². The number of aromatic nitrogens is 2. The SMILES string of the molecule is CC(=O)c1c(C)[nH]c(C(=O)C(C)Sc2nc3cc(Cl)ccc3o2)c1C. The minimum absolute atomic E-state index is 0.0542. The molecule has 0 aliphatic heterocycles. The first kappa shape index (κ1) is 17.8. The third-order valence-corrected chi connectivity index (χ3v) is 5.19. The molecule has 2 heterocycles. The summed E-state index contributed by atoms with van der Waals surface area (Å²) in [6, 6.07) is 5.19. The predicted octanol–water partition coefficient (Wildman–Crippen LogP) is 4.99. The molecule has 1 atom stereocenters. The smallest absolute Gasteiger partial charge is 0.257 e. The Hall–Kier alpha value is -2.05. The van der Waals surface area contributed by atoms with Crippen molar-refractivity contribution in [2.75, 3.05) is 0 Å². The van der Waals surface area contributed by atoms with Gasteiger partial charge in [0.1, 0.15) is 5.52 Å². The van der Waals surface area contributed by atoms with Gasteiger partial charge in [0.05, 0.1) is 10.9 Å². The van der Waals surface area contributed by atoms with E-state index in [1.54, 1.807) is 39.0 Å². The number of nitrogens with one attached hydrogen (secondary N) is 1. The summed E-state index contributed by atoms with van der Waals surface area (Å²) in [6.07, 6.45) is 0. The van der Waals surface area contributed by atoms with E-state index in [4.69, 9.17) is 16.0 Å². The van der Waals surface area contributed by atoms with Gasteiger partial charge in [-0.25, -0.2) is 4.98 Å². The lowest BCUT2D eigenvalue weighted by Gasteiger charge is -2.07. The molecule has 2 aromatic heterocycles. The third kappa shape index (κ3) is 3.37. The van der Waals surface area contributed by atoms with Crippen LogP contribution < -0.4 is 0 Å². The molecule has 5 nitrogen and oxygen atoms in total. The summed E-state index contributed by atoms with van der Waals surface area (Å²) in [4.78, 5) is 31.9. The van der Waals surface area contributed by atoms with Crippen LogP contribution in [0.15, 0.2) is 27.8 Å². The third-order valence-electron chi connectivity index (χ3n) is 4.01. The molecule has 0 amide bonds. The van der Waals surface area contributed by atoms with Crippen LogP contribution in [-0.4, -0.2) is 26.8 Å². The van der Waals surface area contributed by atoms with Crippen LogP contribution in [0.4, 0.5) is 0 Å². The highest BCUT2D eigenvalue weighted by molar-refractivity contribution is 8.00. The Morgan fingerprint density at radius 1 is 1.32 bits per heavy atom. The van der Waals surface area contributed by atoms with Crippen LogP contribution in [0.1, 0.15) is 46.0 Å². The molecule has 0 aliphatic rings. The largest absolute Gasteiger partial charge is 0.431 e. The molecule has 1 N–H and O–H groups in total. The van der Waals surface area contributed by atoms with E-state index in [0.717, 1.165) is 0 Å². The van der Waals surface area contributed by atoms with Gasteiger partial charge in [0.25, 0.3) is 5.22 Å². The second-order valence-electron chi connectivity index (χ2n) is 5.90. The minimum atomic E-state index is -0.417. The van der Waals surface area contributed by atoms with Crippen molar-refractivity contribution < 1.29 is 14.0 Å². The number of Topliss-reactive ketones (excluding diaryl/α,β-unsaturated/α-hetero) is 2. The molecule has 0 bridgehead atoms. The van der Waals surface area contributed by atoms with E-state index >= 15 is 0 Å². The predicted molar refractivity (Wildman–Crippen MR) is 98.9 cm³/mol. The fraction of sp³-hybridized carbons (Fsp3) is 0.278. The average molecular weight is 377 g/mol. The van der Waals surface area contributed by atoms with Gasteiger partial charge in [-0.1, -0.05) is 23.4 Å². The molecule has 130 valence electrons. The van der Waals surface area contributed by atoms with Gasteiger partial charge in [0.15, 0.2) is 17.1 Å². The van der Waals surface area contributed by atoms with Crippen LogP contribution in [0.25, 0.3) is 11.1 Å². The lowest BCUT2D eigenvalue weighted by Crippen LogP contribution is -2.15. The number of carbonyl (C=O) groups is 2. The lowest BCUT2D eigenvalue weighted by atomic mass is 10.0. The van der Waals surface area contributed by atoms with Gasteiger partial charge < -0.3 is 9.40 Å². The van der Waals surface area contributed by atoms with Crippen molar-refractivity contribution in [3.63, 3.8) is 0 Å². The molecule has 0 fully saturated rings. The number of halogens is 1. The van der Waals surface area contributed by atoms with E-state index in [1.807, 2.05) is 0 Å². The number of fused-ring (bicyclic) bond motifs is 1. The van der Waals surface area contributed by atoms with Gasteiger partial charge in [0.2, 0.25) is 0 Å². The van der Waals surface area contributed by atoms with Gasteiger partial charge in [-0.05, 0) is 51.5 Å². The zero-order chi connectivity index (χ0) is 18.3. The quantitative estimate of drug-likeness (QED) is 0.501. The number of aryl methyl sites for hydroxylation is 1. The Labute approximate surface area is 154 Å². The summed E-state index contributed by atoms with van der Waals surface area (Å²) in [5.41, 5.74) is 3.71. The molecule has 3 rings (SSSR count). The van der Waals surface area contributed by atoms with E-state index in [1.165, 1.54) is 18.7 Å². The molecular weight excluding hydrogens is 360 g/mol. The first-order chi connectivity index (χ1) is 11.8. The highest BCUT2D eigenvalue weighted by Gasteiger charge is 2.25. The van der Waals surface area contributed by atoms with Crippen molar-refractivity contribution in [3.05, 3.63) is 45.7 Å². The number of oxazole rings is 1. The number of rotatable bonds is 5. The molecule has 1 unspecified atom stereocenters. The average Bonchev–Trinajstić information content (AvgIpc) is 3.05. The summed E-state index contributed by atoms with van der Waals surface area (Å²) in [5, 5.41) is 0.571. The van der Waals surface area contributed by atoms with Crippen LogP contribution >= 0.6 is 23.4 Å². The van der Waals surface area contributed by atoms with Crippen molar-refractivity contribution in [2.45, 2.75) is 38.2 Å². The summed E-state index contributed by atoms with van der Waals surface area (Å²) < 4.78 is 5.65. The Bertz CT molecular complexity index is 990. The van der Waals surface area contributed by atoms with Crippen molar-refractivity contribution in [1.29, 1.82) is 0 Å². The number of ketones is 2. The number of H-pyrrole nitrogens is 1. The van der Waals surface area contributed by atoms with E-state index in [2.05, 4.69) is 9.97 Å². The first-order valence-corrected chi connectivity index (χ1v) is 9.00. The number of benzene rings is 1. The van der Waals surface area contributed by atoms with Gasteiger partial charge in [0, 0.05) is 16.3 Å². The lowest BCUT2D eigenvalue weighted by molar-refractivity contribution is 0.0988. The summed E-state index contributed by atoms with van der Waals surface area (Å²) >= 11 is 7.18. The monoisotopic (exact) mass is 376 g/mol. The Kier molecular flexibility index (Phi) is 4.75. The Morgan fingerprint density at radius 3 is 2.68 bits per heavy atom. The molecule has 3 aromatic rings. The summed E-state index contributed by atoms with van der Waals surface area (Å²) in [5.74, 6) is -0.153. The Morgan fingerprint density at radius 2 is 2.04 bits per heavy atom. The molecular formula is C18H17ClN2O3S. The van der Waals surface area contributed by atoms with Crippen LogP contribution in [-0.2, 0) is 0 Å². The van der Waals surface area contributed by atoms with Crippen molar-refractivity contribution in [2.24, 2.45) is 0 Å². The standard InChI is InChI=1S/C18H17ClN2O3S/c1-8-15(10(3)22)9(2)20-16(8)17(23)11(4)25-18-21-13-7-12(19)5-6-14(13)24-18/h5-7,11,20H,1-4H3. The molecule has 0 saturated heterocycles. The number of hydrogen-bond acceptors (Lipinski definition) is 5. The van der Waals surface area contributed by atoms with Gasteiger partial charge in [-0.2, -0.15) is 0 Å². The molecule has 0 radical (unpaired) electrons. The van der Waals surface area contributed by atoms with Crippen LogP contribution in [0.5, 0.6) is 0 Å². The molecule has 25 heavy (non-hydrogen) atoms. The van der Waals surface area contributed by atoms with Crippen molar-refractivity contribution in [3.8, 4) is 0 Å². The fourth-order valence-corrected chi connectivity index (χ4v) is 3.84. The van der Waals surface area contributed by atoms with Crippen molar-refractivity contribution >= 4 is 46.0 Å². The van der Waals surface area contributed by atoms with Crippen LogP contribution in [0.2, 0.25) is 5.02 Å². The van der Waals surface area contributed by atoms with E-state index in [9.17, 15) is 9.59 Å². The summed E-state index contributed by atoms with van der Waals surface area (Å²) in [7, 11) is 0. The topological polar surface area (TPSA) is 76.0 Å². The number of nitrogens with zero attached hydrogens (tertiary/aromatic N) is 1. The normalized spacial score (nSPS) is 12.5. The molecule has 0 aliphatic carbocycles. The van der Waals surface area contributed by atoms with E-state index in [-0.39, 0.29) is 11.6 Å². The molecule has 0 saturated carbocycles. The first-order valence-electron chi connectivity index (χ1n) is 7.75. The van der Waals surface area contributed by atoms with Gasteiger partial charge >= 0.3 is 0 Å². The van der Waals surface area contributed by atoms with E-state index in [0.29, 0.717) is 43.9 Å². The molecule has 0 spiro atoms. The fourth-order valence-electron chi connectivity index (χ4n) is 2.86. The second-order valence-corrected chi connectivity index (χ2v) is 7.63.